The lowest BCUT2D eigenvalue weighted by Crippen LogP contribution is -2.07. The van der Waals surface area contributed by atoms with Gasteiger partial charge in [-0.1, -0.05) is 23.2 Å². The van der Waals surface area contributed by atoms with Crippen molar-refractivity contribution in [1.29, 1.82) is 0 Å². The topological polar surface area (TPSA) is 30.0 Å². The number of hydrogen-bond acceptors (Lipinski definition) is 2. The Bertz CT molecular complexity index is 659. The van der Waals surface area contributed by atoms with Crippen LogP contribution in [-0.4, -0.2) is 9.19 Å². The van der Waals surface area contributed by atoms with Crippen molar-refractivity contribution in [2.24, 2.45) is 0 Å². The predicted molar refractivity (Wildman–Crippen MR) is 70.4 cm³/mol. The number of halogens is 5. The average Bonchev–Trinajstić information content (AvgIpc) is 2.37. The molecule has 106 valence electrons. The molecule has 2 rings (SSSR count). The van der Waals surface area contributed by atoms with Gasteiger partial charge in [-0.15, -0.1) is 0 Å². The van der Waals surface area contributed by atoms with Crippen LogP contribution in [0.3, 0.4) is 0 Å². The van der Waals surface area contributed by atoms with Crippen molar-refractivity contribution >= 4 is 34.0 Å². The van der Waals surface area contributed by atoms with Gasteiger partial charge in [0.05, 0.1) is 10.6 Å². The number of hydrogen-bond donors (Lipinski definition) is 0. The zero-order chi connectivity index (χ0) is 14.9. The van der Waals surface area contributed by atoms with Crippen LogP contribution < -0.4 is 0 Å². The van der Waals surface area contributed by atoms with E-state index in [2.05, 4.69) is 4.98 Å². The van der Waals surface area contributed by atoms with Gasteiger partial charge in [0, 0.05) is 16.1 Å². The largest absolute Gasteiger partial charge is 0.417 e. The van der Waals surface area contributed by atoms with Crippen LogP contribution in [0.5, 0.6) is 0 Å². The Morgan fingerprint density at radius 2 is 1.70 bits per heavy atom. The summed E-state index contributed by atoms with van der Waals surface area (Å²) in [6, 6.07) is 6.74. The third-order valence-electron chi connectivity index (χ3n) is 2.34. The first kappa shape index (κ1) is 15.3. The fourth-order valence-electron chi connectivity index (χ4n) is 1.39. The second kappa shape index (κ2) is 5.71. The van der Waals surface area contributed by atoms with Crippen molar-refractivity contribution in [3.8, 4) is 0 Å². The van der Waals surface area contributed by atoms with Gasteiger partial charge in [-0.05, 0) is 30.3 Å². The summed E-state index contributed by atoms with van der Waals surface area (Å²) >= 11 is 11.4. The lowest BCUT2D eigenvalue weighted by Gasteiger charge is -2.09. The van der Waals surface area contributed by atoms with E-state index in [1.54, 1.807) is 0 Å². The molecule has 0 aliphatic heterocycles. The standard InChI is InChI=1S/C12H6Cl2F3NOS/c13-8-1-3-9(4-2-8)20(19)11-10(14)5-7(6-18-11)12(15,16)17/h1-6H. The summed E-state index contributed by atoms with van der Waals surface area (Å²) in [5, 5.41) is 0.0346. The van der Waals surface area contributed by atoms with Gasteiger partial charge < -0.3 is 0 Å². The minimum Gasteiger partial charge on any atom is -0.247 e. The molecule has 0 saturated heterocycles. The molecule has 1 aromatic heterocycles. The minimum atomic E-state index is -4.54. The summed E-state index contributed by atoms with van der Waals surface area (Å²) in [6.45, 7) is 0. The molecule has 2 nitrogen and oxygen atoms in total. The number of nitrogens with zero attached hydrogens (tertiary/aromatic N) is 1. The van der Waals surface area contributed by atoms with Gasteiger partial charge in [0.25, 0.3) is 0 Å². The Labute approximate surface area is 125 Å². The lowest BCUT2D eigenvalue weighted by molar-refractivity contribution is -0.137. The highest BCUT2D eigenvalue weighted by molar-refractivity contribution is 7.85. The van der Waals surface area contributed by atoms with Gasteiger partial charge in [-0.2, -0.15) is 13.2 Å². The Morgan fingerprint density at radius 1 is 1.10 bits per heavy atom. The second-order valence-corrected chi connectivity index (χ2v) is 5.97. The summed E-state index contributed by atoms with van der Waals surface area (Å²) in [6.07, 6.45) is -3.94. The van der Waals surface area contributed by atoms with Crippen molar-refractivity contribution in [1.82, 2.24) is 4.98 Å². The van der Waals surface area contributed by atoms with Crippen molar-refractivity contribution in [3.63, 3.8) is 0 Å². The van der Waals surface area contributed by atoms with Crippen LogP contribution in [0.1, 0.15) is 5.56 Å². The number of benzene rings is 1. The number of alkyl halides is 3. The normalized spacial score (nSPS) is 13.2. The van der Waals surface area contributed by atoms with Crippen LogP contribution in [0.4, 0.5) is 13.2 Å². The number of rotatable bonds is 2. The molecule has 0 spiro atoms. The van der Waals surface area contributed by atoms with Gasteiger partial charge in [-0.25, -0.2) is 9.19 Å². The van der Waals surface area contributed by atoms with Crippen molar-refractivity contribution < 1.29 is 17.4 Å². The average molecular weight is 340 g/mol. The Hall–Kier alpha value is -1.11. The molecule has 0 amide bonds. The van der Waals surface area contributed by atoms with E-state index in [0.29, 0.717) is 22.2 Å². The van der Waals surface area contributed by atoms with E-state index in [1.807, 2.05) is 0 Å². The highest BCUT2D eigenvalue weighted by Crippen LogP contribution is 2.32. The molecular formula is C12H6Cl2F3NOS. The summed E-state index contributed by atoms with van der Waals surface area (Å²) in [4.78, 5) is 3.91. The molecule has 0 bridgehead atoms. The van der Waals surface area contributed by atoms with Crippen molar-refractivity contribution in [2.75, 3.05) is 0 Å². The van der Waals surface area contributed by atoms with Gasteiger partial charge >= 0.3 is 6.18 Å². The molecule has 0 saturated carbocycles. The maximum Gasteiger partial charge on any atom is 0.417 e. The van der Waals surface area contributed by atoms with Gasteiger partial charge in [0.1, 0.15) is 10.8 Å². The number of aromatic nitrogens is 1. The molecule has 1 heterocycles. The van der Waals surface area contributed by atoms with Gasteiger partial charge in [0.15, 0.2) is 5.03 Å². The summed E-state index contributed by atoms with van der Waals surface area (Å²) in [5.41, 5.74) is -0.987. The van der Waals surface area contributed by atoms with Crippen molar-refractivity contribution in [2.45, 2.75) is 16.1 Å². The molecule has 20 heavy (non-hydrogen) atoms. The fourth-order valence-corrected chi connectivity index (χ4v) is 2.88. The Morgan fingerprint density at radius 3 is 2.20 bits per heavy atom. The second-order valence-electron chi connectivity index (χ2n) is 3.73. The molecule has 0 aliphatic carbocycles. The van der Waals surface area contributed by atoms with E-state index < -0.39 is 22.5 Å². The van der Waals surface area contributed by atoms with Crippen LogP contribution >= 0.6 is 23.2 Å². The first-order valence-corrected chi connectivity index (χ1v) is 7.09. The van der Waals surface area contributed by atoms with E-state index >= 15 is 0 Å². The SMILES string of the molecule is O=S(c1ccc(Cl)cc1)c1ncc(C(F)(F)F)cc1Cl. The molecule has 1 aromatic carbocycles. The fraction of sp³-hybridized carbons (Fsp3) is 0.0833. The molecule has 8 heteroatoms. The van der Waals surface area contributed by atoms with Crippen molar-refractivity contribution in [3.05, 3.63) is 52.1 Å². The third-order valence-corrected chi connectivity index (χ3v) is 4.37. The summed E-state index contributed by atoms with van der Waals surface area (Å²) in [7, 11) is -1.77. The van der Waals surface area contributed by atoms with E-state index in [9.17, 15) is 17.4 Å². The van der Waals surface area contributed by atoms with Crippen LogP contribution in [0.25, 0.3) is 0 Å². The lowest BCUT2D eigenvalue weighted by atomic mass is 10.3. The van der Waals surface area contributed by atoms with Crippen LogP contribution in [-0.2, 0) is 17.0 Å². The van der Waals surface area contributed by atoms with E-state index in [0.717, 1.165) is 0 Å². The highest BCUT2D eigenvalue weighted by Gasteiger charge is 2.32. The van der Waals surface area contributed by atoms with Crippen LogP contribution in [0.15, 0.2) is 46.5 Å². The summed E-state index contributed by atoms with van der Waals surface area (Å²) < 4.78 is 49.6. The first-order valence-electron chi connectivity index (χ1n) is 5.19. The monoisotopic (exact) mass is 339 g/mol. The predicted octanol–water partition coefficient (Wildman–Crippen LogP) is 4.57. The van der Waals surface area contributed by atoms with E-state index in [4.69, 9.17) is 23.2 Å². The Balaban J connectivity index is 2.38. The minimum absolute atomic E-state index is 0.123. The maximum absolute atomic E-state index is 12.5. The van der Waals surface area contributed by atoms with Gasteiger partial charge in [0.2, 0.25) is 0 Å². The van der Waals surface area contributed by atoms with Crippen LogP contribution in [0, 0.1) is 0 Å². The molecule has 2 aromatic rings. The quantitative estimate of drug-likeness (QED) is 0.801. The molecule has 1 unspecified atom stereocenters. The van der Waals surface area contributed by atoms with E-state index in [-0.39, 0.29) is 10.0 Å². The number of pyridine rings is 1. The first-order chi connectivity index (χ1) is 9.29. The smallest absolute Gasteiger partial charge is 0.247 e. The van der Waals surface area contributed by atoms with E-state index in [1.165, 1.54) is 24.3 Å². The van der Waals surface area contributed by atoms with Gasteiger partial charge in [-0.3, -0.25) is 0 Å². The Kier molecular flexibility index (Phi) is 4.36. The molecule has 0 radical (unpaired) electrons. The molecule has 0 N–H and O–H groups in total. The molecule has 0 aliphatic rings. The maximum atomic E-state index is 12.5. The molecular weight excluding hydrogens is 334 g/mol. The molecule has 1 atom stereocenters. The highest BCUT2D eigenvalue weighted by atomic mass is 35.5. The zero-order valence-corrected chi connectivity index (χ0v) is 11.9. The molecule has 0 fully saturated rings. The summed E-state index contributed by atoms with van der Waals surface area (Å²) in [5.74, 6) is 0. The zero-order valence-electron chi connectivity index (χ0n) is 9.62. The van der Waals surface area contributed by atoms with Crippen LogP contribution in [0.2, 0.25) is 10.0 Å². The third kappa shape index (κ3) is 3.31.